The summed E-state index contributed by atoms with van der Waals surface area (Å²) < 4.78 is 1.41. The molecule has 0 saturated heterocycles. The molecule has 0 aliphatic heterocycles. The van der Waals surface area contributed by atoms with E-state index in [-0.39, 0.29) is 23.2 Å². The number of aryl methyl sites for hydroxylation is 1. The van der Waals surface area contributed by atoms with E-state index in [0.29, 0.717) is 16.2 Å². The second kappa shape index (κ2) is 7.53. The van der Waals surface area contributed by atoms with Crippen LogP contribution < -0.4 is 5.56 Å². The molecule has 4 aromatic rings. The van der Waals surface area contributed by atoms with Crippen molar-refractivity contribution in [2.75, 3.05) is 0 Å². The van der Waals surface area contributed by atoms with E-state index in [1.54, 1.807) is 12.1 Å². The SMILES string of the molecule is Cc1cccc(-c2nc3scc(C(=O)O)c3c(=O)n2Cc2ccc([N+](=O)[O-])cc2)c1. The molecule has 30 heavy (non-hydrogen) atoms. The quantitative estimate of drug-likeness (QED) is 0.383. The van der Waals surface area contributed by atoms with Gasteiger partial charge in [-0.2, -0.15) is 0 Å². The van der Waals surface area contributed by atoms with Crippen LogP contribution in [0, 0.1) is 17.0 Å². The number of aromatic nitrogens is 2. The number of carbonyl (C=O) groups is 1. The molecule has 0 saturated carbocycles. The smallest absolute Gasteiger partial charge is 0.337 e. The van der Waals surface area contributed by atoms with Crippen LogP contribution in [0.25, 0.3) is 21.6 Å². The second-order valence-corrected chi connectivity index (χ2v) is 7.61. The molecular formula is C21H15N3O5S. The third-order valence-corrected chi connectivity index (χ3v) is 5.56. The maximum absolute atomic E-state index is 13.3. The predicted octanol–water partition coefficient (Wildman–Crippen LogP) is 4.09. The summed E-state index contributed by atoms with van der Waals surface area (Å²) in [5, 5.41) is 21.8. The number of hydrogen-bond acceptors (Lipinski definition) is 6. The number of fused-ring (bicyclic) bond motifs is 1. The van der Waals surface area contributed by atoms with Crippen LogP contribution in [0.1, 0.15) is 21.5 Å². The van der Waals surface area contributed by atoms with Crippen LogP contribution in [-0.2, 0) is 6.54 Å². The lowest BCUT2D eigenvalue weighted by Gasteiger charge is -2.13. The molecule has 2 aromatic carbocycles. The van der Waals surface area contributed by atoms with Crippen LogP contribution in [0.4, 0.5) is 5.69 Å². The zero-order valence-electron chi connectivity index (χ0n) is 15.7. The molecule has 0 bridgehead atoms. The lowest BCUT2D eigenvalue weighted by atomic mass is 10.1. The lowest BCUT2D eigenvalue weighted by Crippen LogP contribution is -2.24. The average Bonchev–Trinajstić information content (AvgIpc) is 3.15. The van der Waals surface area contributed by atoms with Crippen LogP contribution in [0.15, 0.2) is 58.7 Å². The number of benzene rings is 2. The Labute approximate surface area is 173 Å². The fourth-order valence-corrected chi connectivity index (χ4v) is 4.14. The zero-order valence-corrected chi connectivity index (χ0v) is 16.5. The Kier molecular flexibility index (Phi) is 4.88. The van der Waals surface area contributed by atoms with Gasteiger partial charge in [-0.25, -0.2) is 9.78 Å². The van der Waals surface area contributed by atoms with Gasteiger partial charge in [0.05, 0.1) is 22.4 Å². The van der Waals surface area contributed by atoms with E-state index < -0.39 is 16.5 Å². The van der Waals surface area contributed by atoms with Gasteiger partial charge in [-0.15, -0.1) is 11.3 Å². The number of non-ortho nitro benzene ring substituents is 1. The number of thiophene rings is 1. The van der Waals surface area contributed by atoms with Crippen molar-refractivity contribution in [3.63, 3.8) is 0 Å². The summed E-state index contributed by atoms with van der Waals surface area (Å²) in [4.78, 5) is 40.3. The van der Waals surface area contributed by atoms with E-state index in [9.17, 15) is 24.8 Å². The van der Waals surface area contributed by atoms with E-state index in [2.05, 4.69) is 4.98 Å². The Morgan fingerprint density at radius 3 is 2.60 bits per heavy atom. The fourth-order valence-electron chi connectivity index (χ4n) is 3.24. The van der Waals surface area contributed by atoms with Crippen molar-refractivity contribution in [3.05, 3.63) is 91.1 Å². The third kappa shape index (κ3) is 3.46. The standard InChI is InChI=1S/C21H15N3O5S/c1-12-3-2-4-14(9-12)18-22-19-17(16(11-30-19)21(26)27)20(25)23(18)10-13-5-7-15(8-6-13)24(28)29/h2-9,11H,10H2,1H3,(H,26,27). The highest BCUT2D eigenvalue weighted by molar-refractivity contribution is 7.17. The number of nitro benzene ring substituents is 1. The summed E-state index contributed by atoms with van der Waals surface area (Å²) >= 11 is 1.11. The largest absolute Gasteiger partial charge is 0.478 e. The molecule has 4 rings (SSSR count). The molecule has 9 heteroatoms. The zero-order chi connectivity index (χ0) is 21.4. The number of carboxylic acid groups (broad SMARTS) is 1. The summed E-state index contributed by atoms with van der Waals surface area (Å²) in [7, 11) is 0. The van der Waals surface area contributed by atoms with Crippen molar-refractivity contribution in [1.82, 2.24) is 9.55 Å². The number of rotatable bonds is 5. The van der Waals surface area contributed by atoms with Gasteiger partial charge in [-0.1, -0.05) is 35.9 Å². The number of hydrogen-bond donors (Lipinski definition) is 1. The molecule has 8 nitrogen and oxygen atoms in total. The average molecular weight is 421 g/mol. The lowest BCUT2D eigenvalue weighted by molar-refractivity contribution is -0.384. The van der Waals surface area contributed by atoms with E-state index in [0.717, 1.165) is 22.5 Å². The van der Waals surface area contributed by atoms with Crippen molar-refractivity contribution >= 4 is 33.2 Å². The van der Waals surface area contributed by atoms with Crippen LogP contribution in [-0.4, -0.2) is 25.6 Å². The molecule has 0 spiro atoms. The van der Waals surface area contributed by atoms with E-state index >= 15 is 0 Å². The van der Waals surface area contributed by atoms with Crippen LogP contribution >= 0.6 is 11.3 Å². The molecule has 0 unspecified atom stereocenters. The Balaban J connectivity index is 1.94. The van der Waals surface area contributed by atoms with Crippen LogP contribution in [0.5, 0.6) is 0 Å². The van der Waals surface area contributed by atoms with Crippen LogP contribution in [0.3, 0.4) is 0 Å². The van der Waals surface area contributed by atoms with Crippen LogP contribution in [0.2, 0.25) is 0 Å². The fraction of sp³-hybridized carbons (Fsp3) is 0.0952. The Morgan fingerprint density at radius 2 is 1.97 bits per heavy atom. The molecule has 2 heterocycles. The number of nitro groups is 1. The highest BCUT2D eigenvalue weighted by atomic mass is 32.1. The highest BCUT2D eigenvalue weighted by Gasteiger charge is 2.20. The first kappa shape index (κ1) is 19.5. The van der Waals surface area contributed by atoms with Crippen molar-refractivity contribution < 1.29 is 14.8 Å². The first-order valence-electron chi connectivity index (χ1n) is 8.91. The summed E-state index contributed by atoms with van der Waals surface area (Å²) in [6.07, 6.45) is 0. The topological polar surface area (TPSA) is 115 Å². The number of carboxylic acids is 1. The van der Waals surface area contributed by atoms with Gasteiger partial charge in [0.25, 0.3) is 11.2 Å². The van der Waals surface area contributed by atoms with E-state index in [1.807, 2.05) is 31.2 Å². The van der Waals surface area contributed by atoms with Gasteiger partial charge >= 0.3 is 5.97 Å². The summed E-state index contributed by atoms with van der Waals surface area (Å²) in [6.45, 7) is 2.02. The van der Waals surface area contributed by atoms with Crippen molar-refractivity contribution in [2.24, 2.45) is 0 Å². The molecule has 0 radical (unpaired) electrons. The molecule has 0 aliphatic carbocycles. The van der Waals surface area contributed by atoms with Gasteiger partial charge in [0, 0.05) is 23.1 Å². The number of nitrogens with zero attached hydrogens (tertiary/aromatic N) is 3. The molecule has 0 fully saturated rings. The van der Waals surface area contributed by atoms with Gasteiger partial charge in [0.1, 0.15) is 10.7 Å². The minimum absolute atomic E-state index is 0.0513. The van der Waals surface area contributed by atoms with Gasteiger partial charge in [0.2, 0.25) is 0 Å². The molecular weight excluding hydrogens is 406 g/mol. The highest BCUT2D eigenvalue weighted by Crippen LogP contribution is 2.26. The molecule has 2 aromatic heterocycles. The maximum Gasteiger partial charge on any atom is 0.337 e. The minimum Gasteiger partial charge on any atom is -0.478 e. The summed E-state index contributed by atoms with van der Waals surface area (Å²) in [6, 6.07) is 13.4. The van der Waals surface area contributed by atoms with Crippen molar-refractivity contribution in [3.8, 4) is 11.4 Å². The maximum atomic E-state index is 13.3. The van der Waals surface area contributed by atoms with Crippen molar-refractivity contribution in [2.45, 2.75) is 13.5 Å². The Bertz CT molecular complexity index is 1360. The van der Waals surface area contributed by atoms with Crippen molar-refractivity contribution in [1.29, 1.82) is 0 Å². The normalized spacial score (nSPS) is 11.0. The summed E-state index contributed by atoms with van der Waals surface area (Å²) in [5.41, 5.74) is 1.77. The molecule has 150 valence electrons. The Morgan fingerprint density at radius 1 is 1.23 bits per heavy atom. The number of aromatic carboxylic acids is 1. The van der Waals surface area contributed by atoms with E-state index in [4.69, 9.17) is 0 Å². The van der Waals surface area contributed by atoms with Gasteiger partial charge < -0.3 is 5.11 Å². The third-order valence-electron chi connectivity index (χ3n) is 4.69. The van der Waals surface area contributed by atoms with E-state index in [1.165, 1.54) is 22.1 Å². The van der Waals surface area contributed by atoms with Gasteiger partial charge in [-0.05, 0) is 18.6 Å². The minimum atomic E-state index is -1.19. The molecule has 0 atom stereocenters. The van der Waals surface area contributed by atoms with Gasteiger partial charge in [0.15, 0.2) is 0 Å². The first-order valence-corrected chi connectivity index (χ1v) is 9.79. The first-order chi connectivity index (χ1) is 14.3. The summed E-state index contributed by atoms with van der Waals surface area (Å²) in [5.74, 6) is -0.779. The predicted molar refractivity (Wildman–Crippen MR) is 113 cm³/mol. The molecule has 0 amide bonds. The monoisotopic (exact) mass is 421 g/mol. The Hall–Kier alpha value is -3.85. The second-order valence-electron chi connectivity index (χ2n) is 6.75. The molecule has 1 N–H and O–H groups in total. The van der Waals surface area contributed by atoms with Gasteiger partial charge in [-0.3, -0.25) is 19.5 Å². The molecule has 0 aliphatic rings.